The highest BCUT2D eigenvalue weighted by molar-refractivity contribution is 5.88. The zero-order valence-electron chi connectivity index (χ0n) is 17.1. The highest BCUT2D eigenvalue weighted by Crippen LogP contribution is 2.43. The van der Waals surface area contributed by atoms with Gasteiger partial charge in [-0.2, -0.15) is 0 Å². The third kappa shape index (κ3) is 3.83. The fourth-order valence-corrected chi connectivity index (χ4v) is 4.50. The molecule has 0 spiro atoms. The number of carboxylic acids is 1. The summed E-state index contributed by atoms with van der Waals surface area (Å²) in [6.07, 6.45) is 4.35. The van der Waals surface area contributed by atoms with Gasteiger partial charge in [0.15, 0.2) is 0 Å². The normalized spacial score (nSPS) is 19.2. The van der Waals surface area contributed by atoms with Gasteiger partial charge < -0.3 is 10.1 Å². The number of nitrogens with zero attached hydrogens (tertiary/aromatic N) is 2. The van der Waals surface area contributed by atoms with Crippen molar-refractivity contribution in [2.24, 2.45) is 5.41 Å². The summed E-state index contributed by atoms with van der Waals surface area (Å²) in [6, 6.07) is 15.5. The Morgan fingerprint density at radius 1 is 1.07 bits per heavy atom. The van der Waals surface area contributed by atoms with Crippen LogP contribution in [0.3, 0.4) is 0 Å². The molecule has 5 heteroatoms. The van der Waals surface area contributed by atoms with Crippen molar-refractivity contribution in [2.75, 3.05) is 13.6 Å². The van der Waals surface area contributed by atoms with Crippen molar-refractivity contribution in [2.45, 2.75) is 32.7 Å². The Kier molecular flexibility index (Phi) is 5.01. The van der Waals surface area contributed by atoms with Gasteiger partial charge in [0.05, 0.1) is 23.5 Å². The van der Waals surface area contributed by atoms with E-state index in [1.165, 1.54) is 12.8 Å². The Bertz CT molecular complexity index is 1000. The molecule has 3 aromatic rings. The summed E-state index contributed by atoms with van der Waals surface area (Å²) in [5.74, 6) is 0.120. The molecule has 2 N–H and O–H groups in total. The molecule has 1 atom stereocenters. The van der Waals surface area contributed by atoms with Crippen LogP contribution in [-0.4, -0.2) is 39.5 Å². The van der Waals surface area contributed by atoms with Crippen molar-refractivity contribution in [3.05, 3.63) is 66.1 Å². The van der Waals surface area contributed by atoms with Crippen molar-refractivity contribution in [3.63, 3.8) is 0 Å². The van der Waals surface area contributed by atoms with Crippen LogP contribution in [0.5, 0.6) is 0 Å². The molecule has 29 heavy (non-hydrogen) atoms. The number of rotatable bonds is 4. The van der Waals surface area contributed by atoms with Crippen LogP contribution in [0.15, 0.2) is 54.7 Å². The van der Waals surface area contributed by atoms with Crippen LogP contribution in [-0.2, 0) is 0 Å². The maximum absolute atomic E-state index is 11.0. The van der Waals surface area contributed by atoms with E-state index in [1.807, 2.05) is 18.3 Å². The monoisotopic (exact) mass is 389 g/mol. The van der Waals surface area contributed by atoms with E-state index in [9.17, 15) is 4.79 Å². The van der Waals surface area contributed by atoms with Crippen molar-refractivity contribution < 1.29 is 9.90 Å². The van der Waals surface area contributed by atoms with Crippen molar-refractivity contribution in [3.8, 4) is 22.4 Å². The number of aromatic carboxylic acids is 1. The van der Waals surface area contributed by atoms with Crippen LogP contribution in [0.1, 0.15) is 48.9 Å². The average Bonchev–Trinajstić information content (AvgIpc) is 3.17. The molecule has 2 heterocycles. The second-order valence-electron chi connectivity index (χ2n) is 8.62. The first-order valence-electron chi connectivity index (χ1n) is 10.0. The van der Waals surface area contributed by atoms with Gasteiger partial charge in [0.25, 0.3) is 0 Å². The summed E-state index contributed by atoms with van der Waals surface area (Å²) in [5.41, 5.74) is 4.64. The lowest BCUT2D eigenvalue weighted by Crippen LogP contribution is -2.41. The molecule has 0 bridgehead atoms. The molecule has 1 fully saturated rings. The summed E-state index contributed by atoms with van der Waals surface area (Å²) in [7, 11) is 2.18. The summed E-state index contributed by atoms with van der Waals surface area (Å²) < 4.78 is 0. The number of aromatic amines is 1. The fraction of sp³-hybridized carbons (Fsp3) is 0.333. The molecule has 1 aliphatic heterocycles. The fourth-order valence-electron chi connectivity index (χ4n) is 4.50. The topological polar surface area (TPSA) is 69.2 Å². The molecule has 1 aliphatic rings. The second kappa shape index (κ2) is 7.48. The first-order valence-corrected chi connectivity index (χ1v) is 10.0. The molecule has 0 saturated carbocycles. The molecular weight excluding hydrogens is 362 g/mol. The van der Waals surface area contributed by atoms with Gasteiger partial charge in [0, 0.05) is 0 Å². The van der Waals surface area contributed by atoms with E-state index in [-0.39, 0.29) is 11.5 Å². The summed E-state index contributed by atoms with van der Waals surface area (Å²) in [5, 5.41) is 9.04. The number of piperidine rings is 1. The Morgan fingerprint density at radius 2 is 1.66 bits per heavy atom. The second-order valence-corrected chi connectivity index (χ2v) is 8.62. The number of aromatic nitrogens is 2. The average molecular weight is 389 g/mol. The van der Waals surface area contributed by atoms with E-state index in [4.69, 9.17) is 10.1 Å². The van der Waals surface area contributed by atoms with E-state index in [0.717, 1.165) is 34.8 Å². The maximum atomic E-state index is 11.0. The molecule has 0 amide bonds. The van der Waals surface area contributed by atoms with E-state index in [0.29, 0.717) is 5.56 Å². The summed E-state index contributed by atoms with van der Waals surface area (Å²) >= 11 is 0. The van der Waals surface area contributed by atoms with Gasteiger partial charge in [-0.3, -0.25) is 4.90 Å². The molecule has 2 aromatic carbocycles. The van der Waals surface area contributed by atoms with Gasteiger partial charge in [-0.05, 0) is 60.7 Å². The maximum Gasteiger partial charge on any atom is 0.335 e. The quantitative estimate of drug-likeness (QED) is 0.641. The van der Waals surface area contributed by atoms with Gasteiger partial charge in [-0.15, -0.1) is 0 Å². The van der Waals surface area contributed by atoms with Crippen LogP contribution in [0, 0.1) is 5.41 Å². The molecular formula is C24H27N3O2. The van der Waals surface area contributed by atoms with E-state index in [2.05, 4.69) is 55.0 Å². The number of nitrogens with one attached hydrogen (secondary N) is 1. The van der Waals surface area contributed by atoms with E-state index < -0.39 is 5.97 Å². The molecule has 150 valence electrons. The molecule has 0 aliphatic carbocycles. The van der Waals surface area contributed by atoms with Crippen molar-refractivity contribution >= 4 is 5.97 Å². The largest absolute Gasteiger partial charge is 0.478 e. The lowest BCUT2D eigenvalue weighted by Gasteiger charge is -2.43. The van der Waals surface area contributed by atoms with Crippen LogP contribution in [0.4, 0.5) is 0 Å². The van der Waals surface area contributed by atoms with Crippen LogP contribution < -0.4 is 0 Å². The number of likely N-dealkylation sites (tertiary alicyclic amines) is 1. The number of hydrogen-bond acceptors (Lipinski definition) is 3. The standard InChI is InChI=1S/C24H27N3O2/c1-24(2)13-4-14-27(3)21(24)22-25-15-20(26-22)18-9-5-16(6-10-18)17-7-11-19(12-8-17)23(28)29/h5-12,15,21H,4,13-14H2,1-3H3,(H,25,26)(H,28,29). The lowest BCUT2D eigenvalue weighted by atomic mass is 9.76. The first-order chi connectivity index (χ1) is 13.8. The van der Waals surface area contributed by atoms with Gasteiger partial charge in [0.2, 0.25) is 0 Å². The predicted octanol–water partition coefficient (Wildman–Crippen LogP) is 5.23. The number of hydrogen-bond donors (Lipinski definition) is 2. The van der Waals surface area contributed by atoms with Crippen molar-refractivity contribution in [1.29, 1.82) is 0 Å². The number of carboxylic acid groups (broad SMARTS) is 1. The molecule has 5 nitrogen and oxygen atoms in total. The first kappa shape index (κ1) is 19.4. The van der Waals surface area contributed by atoms with Gasteiger partial charge in [-0.1, -0.05) is 50.2 Å². The SMILES string of the molecule is CN1CCCC(C)(C)C1c1ncc(-c2ccc(-c3ccc(C(=O)O)cc3)cc2)[nH]1. The summed E-state index contributed by atoms with van der Waals surface area (Å²) in [4.78, 5) is 21.7. The molecule has 1 unspecified atom stereocenters. The van der Waals surface area contributed by atoms with Crippen molar-refractivity contribution in [1.82, 2.24) is 14.9 Å². The number of carbonyl (C=O) groups is 1. The molecule has 0 radical (unpaired) electrons. The summed E-state index contributed by atoms with van der Waals surface area (Å²) in [6.45, 7) is 5.74. The number of benzene rings is 2. The van der Waals surface area contributed by atoms with Gasteiger partial charge >= 0.3 is 5.97 Å². The lowest BCUT2D eigenvalue weighted by molar-refractivity contribution is 0.0524. The highest BCUT2D eigenvalue weighted by Gasteiger charge is 2.38. The molecule has 1 saturated heterocycles. The Morgan fingerprint density at radius 3 is 2.24 bits per heavy atom. The highest BCUT2D eigenvalue weighted by atomic mass is 16.4. The molecule has 1 aromatic heterocycles. The predicted molar refractivity (Wildman–Crippen MR) is 115 cm³/mol. The van der Waals surface area contributed by atoms with Gasteiger partial charge in [0.1, 0.15) is 5.82 Å². The van der Waals surface area contributed by atoms with E-state index >= 15 is 0 Å². The van der Waals surface area contributed by atoms with Crippen LogP contribution >= 0.6 is 0 Å². The zero-order valence-corrected chi connectivity index (χ0v) is 17.1. The Hall–Kier alpha value is -2.92. The minimum absolute atomic E-state index is 0.189. The minimum Gasteiger partial charge on any atom is -0.478 e. The van der Waals surface area contributed by atoms with E-state index in [1.54, 1.807) is 12.1 Å². The van der Waals surface area contributed by atoms with Crippen LogP contribution in [0.25, 0.3) is 22.4 Å². The third-order valence-corrected chi connectivity index (χ3v) is 6.03. The number of H-pyrrole nitrogens is 1. The number of imidazole rings is 1. The third-order valence-electron chi connectivity index (χ3n) is 6.03. The van der Waals surface area contributed by atoms with Gasteiger partial charge in [-0.25, -0.2) is 9.78 Å². The smallest absolute Gasteiger partial charge is 0.335 e. The Labute approximate surface area is 171 Å². The minimum atomic E-state index is -0.909. The Balaban J connectivity index is 1.56. The van der Waals surface area contributed by atoms with Crippen LogP contribution in [0.2, 0.25) is 0 Å². The molecule has 4 rings (SSSR count). The zero-order chi connectivity index (χ0) is 20.6.